The van der Waals surface area contributed by atoms with E-state index in [1.165, 1.54) is 35.2 Å². The van der Waals surface area contributed by atoms with Crippen LogP contribution in [0.15, 0.2) is 33.5 Å². The molecule has 1 aromatic heterocycles. The van der Waals surface area contributed by atoms with E-state index in [2.05, 4.69) is 15.5 Å². The highest BCUT2D eigenvalue weighted by molar-refractivity contribution is 8.01. The molecule has 1 fully saturated rings. The Morgan fingerprint density at radius 2 is 1.97 bits per heavy atom. The van der Waals surface area contributed by atoms with E-state index in [9.17, 15) is 18.0 Å². The van der Waals surface area contributed by atoms with Gasteiger partial charge in [-0.3, -0.25) is 14.5 Å². The summed E-state index contributed by atoms with van der Waals surface area (Å²) in [6.07, 6.45) is 2.37. The number of thioether (sulfide) groups is 1. The zero-order valence-electron chi connectivity index (χ0n) is 16.6. The molecule has 2 amide bonds. The Hall–Kier alpha value is -2.02. The van der Waals surface area contributed by atoms with Crippen molar-refractivity contribution in [2.75, 3.05) is 10.7 Å². The van der Waals surface area contributed by atoms with E-state index < -0.39 is 10.0 Å². The van der Waals surface area contributed by atoms with Crippen LogP contribution in [0.1, 0.15) is 44.7 Å². The molecule has 0 bridgehead atoms. The van der Waals surface area contributed by atoms with Gasteiger partial charge in [0.1, 0.15) is 0 Å². The van der Waals surface area contributed by atoms with Crippen LogP contribution in [-0.2, 0) is 19.6 Å². The molecule has 12 heteroatoms. The summed E-state index contributed by atoms with van der Waals surface area (Å²) >= 11 is 2.57. The number of nitrogens with zero attached hydrogens (tertiary/aromatic N) is 3. The largest absolute Gasteiger partial charge is 0.349 e. The van der Waals surface area contributed by atoms with E-state index in [1.807, 2.05) is 6.92 Å². The topological polar surface area (TPSA) is 135 Å². The van der Waals surface area contributed by atoms with Gasteiger partial charge in [0.05, 0.1) is 16.7 Å². The average molecular weight is 470 g/mol. The number of hydrogen-bond donors (Lipinski definition) is 2. The van der Waals surface area contributed by atoms with Crippen LogP contribution in [0, 0.1) is 0 Å². The number of aromatic nitrogens is 2. The Bertz CT molecular complexity index is 1020. The summed E-state index contributed by atoms with van der Waals surface area (Å²) in [5.74, 6) is -0.00646. The normalized spacial score (nSPS) is 14.9. The number of carbonyl (C=O) groups excluding carboxylic acids is 2. The molecule has 2 aromatic rings. The molecule has 1 saturated carbocycles. The fourth-order valence-corrected chi connectivity index (χ4v) is 5.02. The molecular formula is C18H23N5O4S3. The van der Waals surface area contributed by atoms with Gasteiger partial charge >= 0.3 is 0 Å². The van der Waals surface area contributed by atoms with E-state index in [0.717, 1.165) is 18.4 Å². The monoisotopic (exact) mass is 469 g/mol. The predicted octanol–water partition coefficient (Wildman–Crippen LogP) is 2.06. The van der Waals surface area contributed by atoms with Gasteiger partial charge in [0.25, 0.3) is 0 Å². The van der Waals surface area contributed by atoms with Crippen LogP contribution in [0.2, 0.25) is 0 Å². The second-order valence-corrected chi connectivity index (χ2v) is 10.6. The fourth-order valence-electron chi connectivity index (χ4n) is 2.77. The van der Waals surface area contributed by atoms with Gasteiger partial charge in [-0.15, -0.1) is 10.2 Å². The molecule has 1 heterocycles. The molecule has 1 aliphatic carbocycles. The third-order valence-corrected chi connectivity index (χ3v) is 7.48. The maximum atomic E-state index is 12.3. The lowest BCUT2D eigenvalue weighted by molar-refractivity contribution is -0.119. The first-order valence-corrected chi connectivity index (χ1v) is 12.7. The first-order valence-electron chi connectivity index (χ1n) is 9.39. The Balaban J connectivity index is 1.53. The van der Waals surface area contributed by atoms with Gasteiger partial charge < -0.3 is 5.32 Å². The van der Waals surface area contributed by atoms with Gasteiger partial charge in [0, 0.05) is 12.5 Å². The second kappa shape index (κ2) is 9.41. The highest BCUT2D eigenvalue weighted by atomic mass is 32.2. The van der Waals surface area contributed by atoms with Crippen molar-refractivity contribution in [1.82, 2.24) is 15.5 Å². The highest BCUT2D eigenvalue weighted by Crippen LogP contribution is 2.36. The molecule has 1 aromatic carbocycles. The number of hydrogen-bond acceptors (Lipinski definition) is 8. The summed E-state index contributed by atoms with van der Waals surface area (Å²) in [5, 5.41) is 16.7. The number of benzene rings is 1. The average Bonchev–Trinajstić information content (AvgIpc) is 3.43. The second-order valence-electron chi connectivity index (χ2n) is 6.89. The molecule has 30 heavy (non-hydrogen) atoms. The van der Waals surface area contributed by atoms with Crippen LogP contribution in [0.3, 0.4) is 0 Å². The number of nitrogens with two attached hydrogens (primary N) is 1. The summed E-state index contributed by atoms with van der Waals surface area (Å²) in [5.41, 5.74) is 0.761. The van der Waals surface area contributed by atoms with Crippen LogP contribution >= 0.6 is 23.1 Å². The van der Waals surface area contributed by atoms with E-state index in [0.29, 0.717) is 15.9 Å². The third-order valence-electron chi connectivity index (χ3n) is 4.50. The van der Waals surface area contributed by atoms with Gasteiger partial charge in [-0.25, -0.2) is 13.6 Å². The number of carbonyl (C=O) groups is 2. The molecule has 0 saturated heterocycles. The molecule has 1 aliphatic rings. The van der Waals surface area contributed by atoms with Crippen molar-refractivity contribution >= 4 is 50.1 Å². The summed E-state index contributed by atoms with van der Waals surface area (Å²) in [4.78, 5) is 26.2. The first-order chi connectivity index (χ1) is 14.2. The molecule has 3 N–H and O–H groups in total. The zero-order chi connectivity index (χ0) is 21.9. The van der Waals surface area contributed by atoms with Crippen molar-refractivity contribution in [2.24, 2.45) is 5.14 Å². The Morgan fingerprint density at radius 3 is 2.53 bits per heavy atom. The van der Waals surface area contributed by atoms with Crippen molar-refractivity contribution in [3.8, 4) is 0 Å². The van der Waals surface area contributed by atoms with Crippen molar-refractivity contribution in [1.29, 1.82) is 0 Å². The number of primary sulfonamides is 1. The quantitative estimate of drug-likeness (QED) is 0.424. The summed E-state index contributed by atoms with van der Waals surface area (Å²) in [6.45, 7) is 3.63. The molecule has 1 atom stereocenters. The number of rotatable bonds is 9. The van der Waals surface area contributed by atoms with E-state index >= 15 is 0 Å². The van der Waals surface area contributed by atoms with Crippen LogP contribution in [0.25, 0.3) is 0 Å². The predicted molar refractivity (Wildman–Crippen MR) is 116 cm³/mol. The van der Waals surface area contributed by atoms with Gasteiger partial charge in [-0.2, -0.15) is 0 Å². The lowest BCUT2D eigenvalue weighted by Gasteiger charge is -2.17. The first kappa shape index (κ1) is 22.7. The zero-order valence-corrected chi connectivity index (χ0v) is 19.0. The molecular weight excluding hydrogens is 446 g/mol. The van der Waals surface area contributed by atoms with Crippen LogP contribution in [0.4, 0.5) is 5.13 Å². The molecule has 9 nitrogen and oxygen atoms in total. The maximum absolute atomic E-state index is 12.3. The van der Waals surface area contributed by atoms with Gasteiger partial charge in [0.2, 0.25) is 27.0 Å². The van der Waals surface area contributed by atoms with E-state index in [1.54, 1.807) is 24.0 Å². The third kappa shape index (κ3) is 5.78. The molecule has 0 spiro atoms. The molecule has 3 rings (SSSR count). The molecule has 0 aliphatic heterocycles. The summed E-state index contributed by atoms with van der Waals surface area (Å²) in [6, 6.07) is 5.97. The molecule has 0 radical (unpaired) electrons. The number of nitrogens with one attached hydrogen (secondary N) is 1. The van der Waals surface area contributed by atoms with E-state index in [4.69, 9.17) is 5.14 Å². The smallest absolute Gasteiger partial charge is 0.238 e. The standard InChI is InChI=1S/C18H23N5O4S3/c1-3-16(25)23(13-6-7-13)17-21-22-18(29-17)28-10-15(24)20-11(2)12-4-8-14(9-5-12)30(19,26)27/h4-5,8-9,11,13H,3,6-7,10H2,1-2H3,(H,20,24)(H2,19,26,27). The van der Waals surface area contributed by atoms with Gasteiger partial charge in [0.15, 0.2) is 4.34 Å². The Morgan fingerprint density at radius 1 is 1.30 bits per heavy atom. The minimum absolute atomic E-state index is 0.0224. The van der Waals surface area contributed by atoms with E-state index in [-0.39, 0.29) is 34.5 Å². The lowest BCUT2D eigenvalue weighted by Crippen LogP contribution is -2.32. The van der Waals surface area contributed by atoms with Crippen molar-refractivity contribution < 1.29 is 18.0 Å². The van der Waals surface area contributed by atoms with Crippen LogP contribution in [0.5, 0.6) is 0 Å². The minimum atomic E-state index is -3.75. The SMILES string of the molecule is CCC(=O)N(c1nnc(SCC(=O)NC(C)c2ccc(S(N)(=O)=O)cc2)s1)C1CC1. The summed E-state index contributed by atoms with van der Waals surface area (Å²) < 4.78 is 23.3. The van der Waals surface area contributed by atoms with Crippen molar-refractivity contribution in [2.45, 2.75) is 54.4 Å². The maximum Gasteiger partial charge on any atom is 0.238 e. The highest BCUT2D eigenvalue weighted by Gasteiger charge is 2.35. The van der Waals surface area contributed by atoms with Gasteiger partial charge in [-0.1, -0.05) is 42.2 Å². The number of amides is 2. The number of sulfonamides is 1. The van der Waals surface area contributed by atoms with Gasteiger partial charge in [-0.05, 0) is 37.5 Å². The van der Waals surface area contributed by atoms with Crippen LogP contribution < -0.4 is 15.4 Å². The Labute approximate surface area is 183 Å². The molecule has 162 valence electrons. The number of anilines is 1. The Kier molecular flexibility index (Phi) is 7.11. The lowest BCUT2D eigenvalue weighted by atomic mass is 10.1. The van der Waals surface area contributed by atoms with Crippen molar-refractivity contribution in [3.63, 3.8) is 0 Å². The molecule has 1 unspecified atom stereocenters. The summed E-state index contributed by atoms with van der Waals surface area (Å²) in [7, 11) is -3.75. The van der Waals surface area contributed by atoms with Crippen LogP contribution in [-0.4, -0.2) is 42.2 Å². The fraction of sp³-hybridized carbons (Fsp3) is 0.444. The minimum Gasteiger partial charge on any atom is -0.349 e. The van der Waals surface area contributed by atoms with Crippen molar-refractivity contribution in [3.05, 3.63) is 29.8 Å².